The van der Waals surface area contributed by atoms with Crippen molar-refractivity contribution in [2.24, 2.45) is 5.92 Å². The Hall–Kier alpha value is -2.29. The minimum atomic E-state index is -1.86. The summed E-state index contributed by atoms with van der Waals surface area (Å²) in [6, 6.07) is 19.9. The van der Waals surface area contributed by atoms with Crippen LogP contribution in [0.1, 0.15) is 72.2 Å². The Balaban J connectivity index is 1.49. The Kier molecular flexibility index (Phi) is 12.7. The van der Waals surface area contributed by atoms with Gasteiger partial charge in [-0.25, -0.2) is 0 Å². The molecule has 2 saturated heterocycles. The second-order valence-corrected chi connectivity index (χ2v) is 22.5. The number of carbonyl (C=O) groups excluding carboxylic acids is 1. The van der Waals surface area contributed by atoms with Crippen LogP contribution in [0.5, 0.6) is 0 Å². The molecule has 6 atom stereocenters. The Morgan fingerprint density at radius 3 is 2.38 bits per heavy atom. The standard InChI is InChI=1S/C39H54O6SeSi/c1-27(2)31(23-34-29(4)26-42-36(45-34)30-16-12-10-13-17-30)24-35(40)39(46-33-18-14-11-15-19-33)25-32(44-37(39)41)22-28(3)20-21-43-47(8,9)38(5,6)7/h10-20,31-32,34-36,40H,1,4,21-26H2,2-3,5-9H3/b28-20+/t31-,32-,34?,35?,36?,39?/m1/s1. The van der Waals surface area contributed by atoms with Gasteiger partial charge >= 0.3 is 291 Å². The van der Waals surface area contributed by atoms with E-state index in [9.17, 15) is 9.90 Å². The van der Waals surface area contributed by atoms with Gasteiger partial charge in [0.05, 0.1) is 0 Å². The van der Waals surface area contributed by atoms with Gasteiger partial charge in [-0.2, -0.15) is 0 Å². The summed E-state index contributed by atoms with van der Waals surface area (Å²) in [6.45, 7) is 24.7. The van der Waals surface area contributed by atoms with E-state index in [1.165, 1.54) is 0 Å². The fourth-order valence-corrected chi connectivity index (χ4v) is 9.54. The third kappa shape index (κ3) is 9.66. The molecular weight excluding hydrogens is 671 g/mol. The number of aliphatic hydroxyl groups excluding tert-OH is 1. The van der Waals surface area contributed by atoms with Crippen LogP contribution in [0.25, 0.3) is 0 Å². The predicted molar refractivity (Wildman–Crippen MR) is 193 cm³/mol. The number of benzene rings is 2. The zero-order valence-corrected chi connectivity index (χ0v) is 32.0. The van der Waals surface area contributed by atoms with E-state index in [2.05, 4.69) is 60.0 Å². The molecule has 1 N–H and O–H groups in total. The van der Waals surface area contributed by atoms with E-state index in [0.717, 1.165) is 26.7 Å². The zero-order chi connectivity index (χ0) is 34.4. The van der Waals surface area contributed by atoms with Crippen LogP contribution in [0.2, 0.25) is 22.4 Å². The van der Waals surface area contributed by atoms with Gasteiger partial charge < -0.3 is 0 Å². The number of aliphatic hydroxyl groups is 1. The first-order valence-corrected chi connectivity index (χ1v) is 21.3. The van der Waals surface area contributed by atoms with Crippen LogP contribution in [0.3, 0.4) is 0 Å². The predicted octanol–water partition coefficient (Wildman–Crippen LogP) is 7.85. The van der Waals surface area contributed by atoms with E-state index in [4.69, 9.17) is 18.6 Å². The molecule has 2 aromatic carbocycles. The van der Waals surface area contributed by atoms with Crippen molar-refractivity contribution in [1.29, 1.82) is 0 Å². The molecule has 2 aliphatic heterocycles. The molecule has 2 fully saturated rings. The van der Waals surface area contributed by atoms with Crippen molar-refractivity contribution in [3.8, 4) is 0 Å². The van der Waals surface area contributed by atoms with Crippen molar-refractivity contribution in [2.45, 2.75) is 107 Å². The fraction of sp³-hybridized carbons (Fsp3) is 0.513. The number of rotatable bonds is 14. The summed E-state index contributed by atoms with van der Waals surface area (Å²) < 4.78 is 24.8. The number of carbonyl (C=O) groups is 1. The van der Waals surface area contributed by atoms with Crippen molar-refractivity contribution in [3.05, 3.63) is 102 Å². The summed E-state index contributed by atoms with van der Waals surface area (Å²) in [5.41, 5.74) is 3.88. The van der Waals surface area contributed by atoms with E-state index in [-0.39, 0.29) is 44.1 Å². The second-order valence-electron chi connectivity index (χ2n) is 14.7. The van der Waals surface area contributed by atoms with Gasteiger partial charge in [0, 0.05) is 0 Å². The Morgan fingerprint density at radius 1 is 1.13 bits per heavy atom. The van der Waals surface area contributed by atoms with E-state index in [1.54, 1.807) is 0 Å². The summed E-state index contributed by atoms with van der Waals surface area (Å²) in [4.78, 5) is 13.9. The Bertz CT molecular complexity index is 1400. The number of esters is 1. The third-order valence-electron chi connectivity index (χ3n) is 9.90. The van der Waals surface area contributed by atoms with Gasteiger partial charge in [0.25, 0.3) is 0 Å². The van der Waals surface area contributed by atoms with Crippen LogP contribution in [-0.4, -0.2) is 65.9 Å². The minimum absolute atomic E-state index is 0.0920. The maximum atomic E-state index is 13.9. The molecule has 0 spiro atoms. The number of cyclic esters (lactones) is 1. The average Bonchev–Trinajstić information content (AvgIpc) is 3.32. The van der Waals surface area contributed by atoms with Gasteiger partial charge in [-0.05, 0) is 0 Å². The van der Waals surface area contributed by atoms with E-state index < -0.39 is 25.0 Å². The van der Waals surface area contributed by atoms with Crippen molar-refractivity contribution in [3.63, 3.8) is 0 Å². The quantitative estimate of drug-likeness (QED) is 0.122. The van der Waals surface area contributed by atoms with E-state index >= 15 is 0 Å². The van der Waals surface area contributed by atoms with Gasteiger partial charge in [-0.1, -0.05) is 0 Å². The molecule has 2 aromatic rings. The van der Waals surface area contributed by atoms with Gasteiger partial charge in [0.2, 0.25) is 0 Å². The number of hydrogen-bond donors (Lipinski definition) is 1. The molecule has 0 radical (unpaired) electrons. The van der Waals surface area contributed by atoms with Crippen LogP contribution >= 0.6 is 0 Å². The van der Waals surface area contributed by atoms with E-state index in [1.807, 2.05) is 67.6 Å². The van der Waals surface area contributed by atoms with Gasteiger partial charge in [-0.15, -0.1) is 0 Å². The molecule has 4 rings (SSSR count). The third-order valence-corrected chi connectivity index (χ3v) is 17.5. The van der Waals surface area contributed by atoms with E-state index in [0.29, 0.717) is 38.9 Å². The molecule has 0 bridgehead atoms. The van der Waals surface area contributed by atoms with Gasteiger partial charge in [0.1, 0.15) is 0 Å². The van der Waals surface area contributed by atoms with Crippen LogP contribution in [0.4, 0.5) is 0 Å². The van der Waals surface area contributed by atoms with Gasteiger partial charge in [-0.3, -0.25) is 0 Å². The second kappa shape index (κ2) is 15.9. The molecule has 0 aliphatic carbocycles. The summed E-state index contributed by atoms with van der Waals surface area (Å²) in [5, 5.41) is 12.2. The topological polar surface area (TPSA) is 74.2 Å². The average molecular weight is 726 g/mol. The molecule has 2 heterocycles. The summed E-state index contributed by atoms with van der Waals surface area (Å²) in [7, 11) is -1.86. The van der Waals surface area contributed by atoms with Crippen molar-refractivity contribution in [1.82, 2.24) is 0 Å². The molecular formula is C39H54O6SeSi. The molecule has 2 aliphatic rings. The summed E-state index contributed by atoms with van der Waals surface area (Å²) in [5.74, 6) is -0.397. The maximum absolute atomic E-state index is 13.9. The summed E-state index contributed by atoms with van der Waals surface area (Å²) in [6.07, 6.45) is 2.22. The van der Waals surface area contributed by atoms with Crippen LogP contribution in [0, 0.1) is 5.92 Å². The summed E-state index contributed by atoms with van der Waals surface area (Å²) >= 11 is -0.348. The fourth-order valence-electron chi connectivity index (χ4n) is 5.79. The van der Waals surface area contributed by atoms with Crippen LogP contribution in [-0.2, 0) is 23.4 Å². The Morgan fingerprint density at radius 2 is 1.77 bits per heavy atom. The molecule has 47 heavy (non-hydrogen) atoms. The normalized spacial score (nSPS) is 25.4. The molecule has 6 nitrogen and oxygen atoms in total. The molecule has 8 heteroatoms. The molecule has 0 aromatic heterocycles. The number of ether oxygens (including phenoxy) is 3. The molecule has 256 valence electrons. The molecule has 4 unspecified atom stereocenters. The monoisotopic (exact) mass is 726 g/mol. The first-order chi connectivity index (χ1) is 22.1. The zero-order valence-electron chi connectivity index (χ0n) is 29.3. The van der Waals surface area contributed by atoms with Gasteiger partial charge in [0.15, 0.2) is 0 Å². The van der Waals surface area contributed by atoms with Crippen LogP contribution < -0.4 is 4.46 Å². The SMILES string of the molecule is C=C1COC(c2ccccc2)OC1C[C@H](CC(O)C1([Se]c2ccccc2)C[C@@H](C/C(C)=C/CO[Si](C)(C)C(C)(C)C)OC1=O)C(=C)C. The first kappa shape index (κ1) is 37.5. The van der Waals surface area contributed by atoms with Crippen LogP contribution in [0.15, 0.2) is 96.6 Å². The molecule has 0 amide bonds. The number of allylic oxidation sites excluding steroid dienone is 1. The Labute approximate surface area is 289 Å². The molecule has 0 saturated carbocycles. The van der Waals surface area contributed by atoms with Crippen molar-refractivity contribution in [2.75, 3.05) is 13.2 Å². The van der Waals surface area contributed by atoms with Crippen molar-refractivity contribution < 1.29 is 28.5 Å². The number of hydrogen-bond acceptors (Lipinski definition) is 6. The van der Waals surface area contributed by atoms with Crippen molar-refractivity contribution >= 4 is 33.7 Å². The first-order valence-electron chi connectivity index (χ1n) is 16.7.